The van der Waals surface area contributed by atoms with Crippen molar-refractivity contribution in [3.8, 4) is 0 Å². The van der Waals surface area contributed by atoms with Crippen molar-refractivity contribution in [2.45, 2.75) is 6.10 Å². The number of aliphatic hydroxyl groups is 1. The van der Waals surface area contributed by atoms with Gasteiger partial charge in [0, 0.05) is 18.2 Å². The Bertz CT molecular complexity index is 636. The van der Waals surface area contributed by atoms with E-state index in [0.717, 1.165) is 6.07 Å². The highest BCUT2D eigenvalue weighted by molar-refractivity contribution is 5.47. The molecule has 0 heterocycles. The number of aliphatic hydroxyl groups excluding tert-OH is 1. The molecular formula is C14H10F5NO. The van der Waals surface area contributed by atoms with Crippen molar-refractivity contribution in [1.82, 2.24) is 0 Å². The summed E-state index contributed by atoms with van der Waals surface area (Å²) in [6, 6.07) is 5.32. The third-order valence-corrected chi connectivity index (χ3v) is 2.85. The maximum absolute atomic E-state index is 13.4. The molecule has 0 aromatic heterocycles. The van der Waals surface area contributed by atoms with Crippen LogP contribution in [-0.2, 0) is 0 Å². The molecule has 0 aliphatic heterocycles. The Balaban J connectivity index is 2.19. The molecule has 0 spiro atoms. The van der Waals surface area contributed by atoms with Gasteiger partial charge in [0.1, 0.15) is 11.5 Å². The Kier molecular flexibility index (Phi) is 4.42. The minimum absolute atomic E-state index is 0.0726. The van der Waals surface area contributed by atoms with Crippen LogP contribution >= 0.6 is 0 Å². The molecule has 0 fully saturated rings. The Hall–Kier alpha value is -2.15. The standard InChI is InChI=1S/C14H10F5NO/c15-8-4-2-1-3-7(8)11(21)6-20-14-12(18)9(16)5-10(17)13(14)19/h1-5,11,20-21H,6H2. The molecule has 0 saturated carbocycles. The SMILES string of the molecule is OC(CNc1c(F)c(F)cc(F)c1F)c1ccccc1F. The van der Waals surface area contributed by atoms with Gasteiger partial charge in [0.2, 0.25) is 0 Å². The van der Waals surface area contributed by atoms with Crippen molar-refractivity contribution in [2.24, 2.45) is 0 Å². The maximum atomic E-state index is 13.4. The Morgan fingerprint density at radius 2 is 1.48 bits per heavy atom. The second kappa shape index (κ2) is 6.09. The molecule has 7 heteroatoms. The first-order valence-corrected chi connectivity index (χ1v) is 5.91. The summed E-state index contributed by atoms with van der Waals surface area (Å²) in [6.07, 6.45) is -1.45. The van der Waals surface area contributed by atoms with Crippen molar-refractivity contribution >= 4 is 5.69 Å². The van der Waals surface area contributed by atoms with Gasteiger partial charge in [-0.3, -0.25) is 0 Å². The zero-order chi connectivity index (χ0) is 15.6. The lowest BCUT2D eigenvalue weighted by Crippen LogP contribution is -2.16. The van der Waals surface area contributed by atoms with Crippen LogP contribution in [-0.4, -0.2) is 11.7 Å². The van der Waals surface area contributed by atoms with Crippen LogP contribution in [0.1, 0.15) is 11.7 Å². The predicted molar refractivity (Wildman–Crippen MR) is 66.1 cm³/mol. The topological polar surface area (TPSA) is 32.3 Å². The van der Waals surface area contributed by atoms with Gasteiger partial charge in [-0.1, -0.05) is 18.2 Å². The summed E-state index contributed by atoms with van der Waals surface area (Å²) < 4.78 is 66.1. The molecule has 1 atom stereocenters. The van der Waals surface area contributed by atoms with Gasteiger partial charge in [0.15, 0.2) is 23.3 Å². The summed E-state index contributed by atoms with van der Waals surface area (Å²) in [5.41, 5.74) is -1.16. The molecule has 2 aromatic rings. The van der Waals surface area contributed by atoms with E-state index in [-0.39, 0.29) is 11.6 Å². The normalized spacial score (nSPS) is 12.3. The molecule has 112 valence electrons. The van der Waals surface area contributed by atoms with E-state index in [9.17, 15) is 27.1 Å². The minimum atomic E-state index is -1.62. The highest BCUT2D eigenvalue weighted by Crippen LogP contribution is 2.25. The number of rotatable bonds is 4. The van der Waals surface area contributed by atoms with Crippen LogP contribution in [0.5, 0.6) is 0 Å². The van der Waals surface area contributed by atoms with Crippen molar-refractivity contribution in [1.29, 1.82) is 0 Å². The molecule has 0 bridgehead atoms. The van der Waals surface area contributed by atoms with E-state index in [0.29, 0.717) is 0 Å². The van der Waals surface area contributed by atoms with E-state index in [1.54, 1.807) is 0 Å². The molecule has 0 radical (unpaired) electrons. The lowest BCUT2D eigenvalue weighted by atomic mass is 10.1. The fourth-order valence-corrected chi connectivity index (χ4v) is 1.78. The second-order valence-corrected chi connectivity index (χ2v) is 4.26. The fourth-order valence-electron chi connectivity index (χ4n) is 1.78. The van der Waals surface area contributed by atoms with Crippen molar-refractivity contribution < 1.29 is 27.1 Å². The van der Waals surface area contributed by atoms with Gasteiger partial charge in [-0.2, -0.15) is 0 Å². The van der Waals surface area contributed by atoms with Gasteiger partial charge in [-0.15, -0.1) is 0 Å². The van der Waals surface area contributed by atoms with Gasteiger partial charge >= 0.3 is 0 Å². The second-order valence-electron chi connectivity index (χ2n) is 4.26. The van der Waals surface area contributed by atoms with Gasteiger partial charge < -0.3 is 10.4 Å². The van der Waals surface area contributed by atoms with Crippen LogP contribution < -0.4 is 5.32 Å². The number of anilines is 1. The van der Waals surface area contributed by atoms with Crippen LogP contribution in [0.3, 0.4) is 0 Å². The van der Waals surface area contributed by atoms with Crippen molar-refractivity contribution in [2.75, 3.05) is 11.9 Å². The van der Waals surface area contributed by atoms with Crippen LogP contribution in [0.4, 0.5) is 27.6 Å². The first-order chi connectivity index (χ1) is 9.91. The molecule has 2 nitrogen and oxygen atoms in total. The zero-order valence-corrected chi connectivity index (χ0v) is 10.5. The minimum Gasteiger partial charge on any atom is -0.386 e. The highest BCUT2D eigenvalue weighted by Gasteiger charge is 2.20. The van der Waals surface area contributed by atoms with Gasteiger partial charge in [-0.25, -0.2) is 22.0 Å². The predicted octanol–water partition coefficient (Wildman–Crippen LogP) is 3.53. The third-order valence-electron chi connectivity index (χ3n) is 2.85. The summed E-state index contributed by atoms with van der Waals surface area (Å²) in [5, 5.41) is 11.8. The number of hydrogen-bond acceptors (Lipinski definition) is 2. The Morgan fingerprint density at radius 3 is 2.05 bits per heavy atom. The lowest BCUT2D eigenvalue weighted by molar-refractivity contribution is 0.186. The van der Waals surface area contributed by atoms with E-state index < -0.39 is 47.4 Å². The van der Waals surface area contributed by atoms with E-state index >= 15 is 0 Å². The lowest BCUT2D eigenvalue weighted by Gasteiger charge is -2.15. The van der Waals surface area contributed by atoms with Crippen molar-refractivity contribution in [3.05, 3.63) is 65.0 Å². The first-order valence-electron chi connectivity index (χ1n) is 5.91. The molecule has 21 heavy (non-hydrogen) atoms. The monoisotopic (exact) mass is 303 g/mol. The summed E-state index contributed by atoms with van der Waals surface area (Å²) >= 11 is 0. The van der Waals surface area contributed by atoms with Gasteiger partial charge in [0.05, 0.1) is 6.10 Å². The average Bonchev–Trinajstić information content (AvgIpc) is 2.45. The molecule has 0 amide bonds. The highest BCUT2D eigenvalue weighted by atomic mass is 19.2. The largest absolute Gasteiger partial charge is 0.386 e. The third kappa shape index (κ3) is 3.13. The van der Waals surface area contributed by atoms with Crippen LogP contribution in [0.2, 0.25) is 0 Å². The number of hydrogen-bond donors (Lipinski definition) is 2. The zero-order valence-electron chi connectivity index (χ0n) is 10.5. The smallest absolute Gasteiger partial charge is 0.185 e. The van der Waals surface area contributed by atoms with E-state index in [1.807, 2.05) is 5.32 Å². The molecule has 0 aliphatic rings. The first kappa shape index (κ1) is 15.2. The maximum Gasteiger partial charge on any atom is 0.185 e. The molecule has 1 unspecified atom stereocenters. The summed E-state index contributed by atoms with van der Waals surface area (Å²) in [7, 11) is 0. The average molecular weight is 303 g/mol. The van der Waals surface area contributed by atoms with Crippen LogP contribution in [0.15, 0.2) is 30.3 Å². The summed E-state index contributed by atoms with van der Waals surface area (Å²) in [4.78, 5) is 0. The Labute approximate surface area is 116 Å². The number of benzene rings is 2. The van der Waals surface area contributed by atoms with Crippen LogP contribution in [0, 0.1) is 29.1 Å². The van der Waals surface area contributed by atoms with E-state index in [1.165, 1.54) is 18.2 Å². The number of nitrogens with one attached hydrogen (secondary N) is 1. The molecule has 2 rings (SSSR count). The number of halogens is 5. The summed E-state index contributed by atoms with van der Waals surface area (Å²) in [6.45, 7) is -0.530. The summed E-state index contributed by atoms with van der Waals surface area (Å²) in [5.74, 6) is -7.09. The van der Waals surface area contributed by atoms with Gasteiger partial charge in [-0.05, 0) is 6.07 Å². The molecular weight excluding hydrogens is 293 g/mol. The molecule has 0 saturated heterocycles. The van der Waals surface area contributed by atoms with Gasteiger partial charge in [0.25, 0.3) is 0 Å². The van der Waals surface area contributed by atoms with E-state index in [4.69, 9.17) is 0 Å². The van der Waals surface area contributed by atoms with Crippen LogP contribution in [0.25, 0.3) is 0 Å². The quantitative estimate of drug-likeness (QED) is 0.669. The Morgan fingerprint density at radius 1 is 0.905 bits per heavy atom. The molecule has 2 N–H and O–H groups in total. The van der Waals surface area contributed by atoms with Crippen molar-refractivity contribution in [3.63, 3.8) is 0 Å². The fraction of sp³-hybridized carbons (Fsp3) is 0.143. The molecule has 2 aromatic carbocycles. The molecule has 0 aliphatic carbocycles. The van der Waals surface area contributed by atoms with E-state index in [2.05, 4.69) is 0 Å².